The summed E-state index contributed by atoms with van der Waals surface area (Å²) in [5.74, 6) is -0.202. The number of hydrogen-bond donors (Lipinski definition) is 3. The van der Waals surface area contributed by atoms with Gasteiger partial charge >= 0.3 is 7.82 Å². The fourth-order valence-corrected chi connectivity index (χ4v) is 9.70. The van der Waals surface area contributed by atoms with Crippen LogP contribution in [0, 0.1) is 0 Å². The second-order valence-corrected chi connectivity index (χ2v) is 24.2. The summed E-state index contributed by atoms with van der Waals surface area (Å²) >= 11 is 0. The normalized spacial score (nSPS) is 14.5. The van der Waals surface area contributed by atoms with Crippen molar-refractivity contribution in [3.05, 3.63) is 109 Å². The molecule has 0 aliphatic rings. The van der Waals surface area contributed by atoms with Gasteiger partial charge in [-0.3, -0.25) is 13.8 Å². The first-order chi connectivity index (χ1) is 38.0. The van der Waals surface area contributed by atoms with Crippen LogP contribution in [0.2, 0.25) is 0 Å². The van der Waals surface area contributed by atoms with Gasteiger partial charge in [-0.05, 0) is 96.3 Å². The predicted molar refractivity (Wildman–Crippen MR) is 341 cm³/mol. The third-order valence-corrected chi connectivity index (χ3v) is 14.9. The Hall–Kier alpha value is -2.84. The van der Waals surface area contributed by atoms with E-state index in [2.05, 4.69) is 116 Å². The molecular weight excluding hydrogens is 984 g/mol. The van der Waals surface area contributed by atoms with E-state index in [4.69, 9.17) is 9.05 Å². The minimum absolute atomic E-state index is 0.0462. The van der Waals surface area contributed by atoms with E-state index < -0.39 is 20.0 Å². The van der Waals surface area contributed by atoms with Crippen molar-refractivity contribution in [2.45, 2.75) is 283 Å². The Labute approximate surface area is 482 Å². The number of hydrogen-bond acceptors (Lipinski definition) is 5. The second kappa shape index (κ2) is 58.8. The van der Waals surface area contributed by atoms with Crippen LogP contribution in [0.1, 0.15) is 271 Å². The number of likely N-dealkylation sites (N-methyl/N-ethyl adjacent to an activating group) is 1. The lowest BCUT2D eigenvalue weighted by molar-refractivity contribution is -0.870. The molecule has 0 bridgehead atoms. The molecule has 0 fully saturated rings. The van der Waals surface area contributed by atoms with E-state index in [-0.39, 0.29) is 19.1 Å². The quantitative estimate of drug-likeness (QED) is 0.0243. The summed E-state index contributed by atoms with van der Waals surface area (Å²) < 4.78 is 23.7. The molecule has 78 heavy (non-hydrogen) atoms. The first-order valence-corrected chi connectivity index (χ1v) is 33.8. The van der Waals surface area contributed by atoms with Gasteiger partial charge in [0.15, 0.2) is 0 Å². The van der Waals surface area contributed by atoms with Crippen LogP contribution in [0.25, 0.3) is 0 Å². The maximum Gasteiger partial charge on any atom is 0.472 e. The molecule has 0 aliphatic heterocycles. The number of quaternary nitrogens is 1. The summed E-state index contributed by atoms with van der Waals surface area (Å²) in [5.41, 5.74) is 0. The summed E-state index contributed by atoms with van der Waals surface area (Å²) in [7, 11) is 1.53. The number of aliphatic hydroxyl groups is 1. The Morgan fingerprint density at radius 3 is 1.18 bits per heavy atom. The fourth-order valence-electron chi connectivity index (χ4n) is 8.96. The number of nitrogens with one attached hydrogen (secondary N) is 1. The van der Waals surface area contributed by atoms with E-state index in [0.29, 0.717) is 17.4 Å². The molecule has 0 aliphatic carbocycles. The zero-order valence-electron chi connectivity index (χ0n) is 51.4. The van der Waals surface area contributed by atoms with Gasteiger partial charge in [0.1, 0.15) is 13.2 Å². The highest BCUT2D eigenvalue weighted by Gasteiger charge is 2.27. The average Bonchev–Trinajstić information content (AvgIpc) is 3.41. The molecule has 0 rings (SSSR count). The number of carbonyl (C=O) groups is 1. The number of phosphoric ester groups is 1. The highest BCUT2D eigenvalue weighted by atomic mass is 31.2. The molecule has 1 amide bonds. The molecule has 0 aromatic carbocycles. The number of phosphoric acid groups is 1. The van der Waals surface area contributed by atoms with Crippen molar-refractivity contribution in [3.8, 4) is 0 Å². The van der Waals surface area contributed by atoms with Gasteiger partial charge in [-0.1, -0.05) is 277 Å². The monoisotopic (exact) mass is 1110 g/mol. The van der Waals surface area contributed by atoms with Crippen LogP contribution in [0.4, 0.5) is 0 Å². The molecule has 3 N–H and O–H groups in total. The summed E-state index contributed by atoms with van der Waals surface area (Å²) in [6.45, 7) is 4.68. The van der Waals surface area contributed by atoms with Crippen LogP contribution in [0.3, 0.4) is 0 Å². The molecule has 8 nitrogen and oxygen atoms in total. The highest BCUT2D eigenvalue weighted by molar-refractivity contribution is 7.47. The van der Waals surface area contributed by atoms with Crippen LogP contribution in [-0.4, -0.2) is 73.4 Å². The molecule has 9 heteroatoms. The van der Waals surface area contributed by atoms with Gasteiger partial charge in [0.25, 0.3) is 0 Å². The fraction of sp³-hybridized carbons (Fsp3) is 0.725. The van der Waals surface area contributed by atoms with Crippen LogP contribution < -0.4 is 5.32 Å². The maximum atomic E-state index is 13.0. The Balaban J connectivity index is 4.26. The lowest BCUT2D eigenvalue weighted by atomic mass is 10.0. The number of unbranched alkanes of at least 4 members (excludes halogenated alkanes) is 29. The summed E-state index contributed by atoms with van der Waals surface area (Å²) in [4.78, 5) is 23.4. The van der Waals surface area contributed by atoms with E-state index in [9.17, 15) is 19.4 Å². The van der Waals surface area contributed by atoms with Gasteiger partial charge in [-0.15, -0.1) is 0 Å². The minimum atomic E-state index is -4.37. The molecule has 0 radical (unpaired) electrons. The van der Waals surface area contributed by atoms with Gasteiger partial charge in [-0.2, -0.15) is 0 Å². The van der Waals surface area contributed by atoms with E-state index in [0.717, 1.165) is 96.3 Å². The van der Waals surface area contributed by atoms with Crippen molar-refractivity contribution in [1.29, 1.82) is 0 Å². The van der Waals surface area contributed by atoms with Crippen molar-refractivity contribution in [3.63, 3.8) is 0 Å². The van der Waals surface area contributed by atoms with E-state index in [1.54, 1.807) is 6.08 Å². The van der Waals surface area contributed by atoms with Gasteiger partial charge in [0.2, 0.25) is 5.91 Å². The van der Waals surface area contributed by atoms with E-state index >= 15 is 0 Å². The SMILES string of the molecule is CC/C=C\C/C=C\C/C=C\C/C=C\C/C=C\C/C=C\CCCCCCCCCCC(=O)NC(COP(=O)(O)OCC[N+](C)(C)C)C(O)/C=C/CC/C=C/CC/C=C/CCCCCCCCCCCCCCCCCCCCC. The van der Waals surface area contributed by atoms with Crippen LogP contribution in [-0.2, 0) is 18.4 Å². The lowest BCUT2D eigenvalue weighted by Gasteiger charge is -2.25. The van der Waals surface area contributed by atoms with E-state index in [1.165, 1.54) is 154 Å². The van der Waals surface area contributed by atoms with Crippen molar-refractivity contribution in [1.82, 2.24) is 5.32 Å². The number of carbonyl (C=O) groups excluding carboxylic acids is 1. The van der Waals surface area contributed by atoms with Crippen molar-refractivity contribution < 1.29 is 32.9 Å². The first-order valence-electron chi connectivity index (χ1n) is 32.3. The molecule has 0 aromatic rings. The molecule has 0 spiro atoms. The molecule has 3 unspecified atom stereocenters. The van der Waals surface area contributed by atoms with Gasteiger partial charge in [0.05, 0.1) is 39.9 Å². The third-order valence-electron chi connectivity index (χ3n) is 14.0. The first kappa shape index (κ1) is 75.2. The lowest BCUT2D eigenvalue weighted by Crippen LogP contribution is -2.45. The van der Waals surface area contributed by atoms with Crippen molar-refractivity contribution in [2.24, 2.45) is 0 Å². The molecule has 0 saturated carbocycles. The number of amides is 1. The Kier molecular flexibility index (Phi) is 56.7. The van der Waals surface area contributed by atoms with Gasteiger partial charge in [0, 0.05) is 6.42 Å². The summed E-state index contributed by atoms with van der Waals surface area (Å²) in [5, 5.41) is 13.9. The Morgan fingerprint density at radius 2 is 0.782 bits per heavy atom. The second-order valence-electron chi connectivity index (χ2n) is 22.7. The molecule has 0 saturated heterocycles. The molecule has 450 valence electrons. The van der Waals surface area contributed by atoms with Crippen LogP contribution >= 0.6 is 7.82 Å². The maximum absolute atomic E-state index is 13.0. The summed E-state index contributed by atoms with van der Waals surface area (Å²) in [6, 6.07) is -0.884. The molecule has 3 atom stereocenters. The largest absolute Gasteiger partial charge is 0.472 e. The van der Waals surface area contributed by atoms with Gasteiger partial charge in [-0.25, -0.2) is 4.57 Å². The third kappa shape index (κ3) is 60.8. The standard InChI is InChI=1S/C69H123N2O6P/c1-6-8-10-12-14-16-18-20-22-24-26-28-30-32-34-35-37-38-40-42-44-46-48-50-52-54-56-58-60-62-68(72)67(66-77-78(74,75)76-65-64-71(3,4)5)70-69(73)63-61-59-57-55-53-51-49-47-45-43-41-39-36-33-31-29-27-25-23-21-19-17-15-13-11-9-7-2/h9,11,15,17,21,23,27,29,33,36,41,43-44,46,52,54,60,62,67-68,72H,6-8,10,12-14,16,18-20,22,24-26,28,30-32,34-35,37-40,42,45,47-51,53,55-59,61,63-66H2,1-5H3,(H-,70,73,74,75)/p+1/b11-9-,17-15-,23-21-,29-27-,36-33-,43-41-,46-44+,54-52+,62-60+. The smallest absolute Gasteiger partial charge is 0.387 e. The Morgan fingerprint density at radius 1 is 0.449 bits per heavy atom. The number of aliphatic hydroxyl groups excluding tert-OH is 1. The summed E-state index contributed by atoms with van der Waals surface area (Å²) in [6.07, 6.45) is 86.5. The number of allylic oxidation sites excluding steroid dienone is 17. The average molecular weight is 1110 g/mol. The zero-order chi connectivity index (χ0) is 57.0. The van der Waals surface area contributed by atoms with Crippen LogP contribution in [0.15, 0.2) is 109 Å². The van der Waals surface area contributed by atoms with Crippen molar-refractivity contribution in [2.75, 3.05) is 40.9 Å². The van der Waals surface area contributed by atoms with Crippen molar-refractivity contribution >= 4 is 13.7 Å². The van der Waals surface area contributed by atoms with Gasteiger partial charge < -0.3 is 19.8 Å². The molecule has 0 heterocycles. The number of nitrogens with zero attached hydrogens (tertiary/aromatic N) is 1. The minimum Gasteiger partial charge on any atom is -0.387 e. The number of rotatable bonds is 58. The molecule has 0 aromatic heterocycles. The molecular formula is C69H124N2O6P+. The highest BCUT2D eigenvalue weighted by Crippen LogP contribution is 2.43. The topological polar surface area (TPSA) is 105 Å². The zero-order valence-corrected chi connectivity index (χ0v) is 52.3. The Bertz CT molecular complexity index is 1640. The predicted octanol–water partition coefficient (Wildman–Crippen LogP) is 20.3. The van der Waals surface area contributed by atoms with Crippen LogP contribution in [0.5, 0.6) is 0 Å². The van der Waals surface area contributed by atoms with E-state index in [1.807, 2.05) is 27.2 Å².